The molecular weight excluding hydrogens is 338 g/mol. The number of benzene rings is 1. The molecule has 2 atom stereocenters. The second-order valence-corrected chi connectivity index (χ2v) is 7.84. The van der Waals surface area contributed by atoms with Crippen molar-refractivity contribution in [3.8, 4) is 0 Å². The molecule has 0 spiro atoms. The molecule has 0 unspecified atom stereocenters. The minimum Gasteiger partial charge on any atom is -0.372 e. The van der Waals surface area contributed by atoms with Crippen molar-refractivity contribution < 1.29 is 14.4 Å². The van der Waals surface area contributed by atoms with E-state index >= 15 is 0 Å². The van der Waals surface area contributed by atoms with Crippen LogP contribution in [0, 0.1) is 6.92 Å². The zero-order chi connectivity index (χ0) is 18.0. The Balaban J connectivity index is 1.52. The molecule has 1 amide bonds. The van der Waals surface area contributed by atoms with Crippen molar-refractivity contribution in [2.45, 2.75) is 33.0 Å². The molecule has 0 aromatic heterocycles. The van der Waals surface area contributed by atoms with Gasteiger partial charge < -0.3 is 19.4 Å². The second kappa shape index (κ2) is 7.94. The van der Waals surface area contributed by atoms with E-state index in [1.807, 2.05) is 30.9 Å². The van der Waals surface area contributed by atoms with Gasteiger partial charge in [-0.15, -0.1) is 0 Å². The molecule has 25 heavy (non-hydrogen) atoms. The first-order chi connectivity index (χ1) is 11.9. The van der Waals surface area contributed by atoms with Crippen LogP contribution >= 0.6 is 11.6 Å². The number of aryl methyl sites for hydroxylation is 1. The van der Waals surface area contributed by atoms with Gasteiger partial charge in [-0.3, -0.25) is 4.79 Å². The van der Waals surface area contributed by atoms with Crippen molar-refractivity contribution in [3.05, 3.63) is 28.8 Å². The number of nitrogens with one attached hydrogen (secondary N) is 1. The topological polar surface area (TPSA) is 37.2 Å². The fourth-order valence-electron chi connectivity index (χ4n) is 3.87. The third-order valence-electron chi connectivity index (χ3n) is 5.16. The van der Waals surface area contributed by atoms with E-state index in [0.717, 1.165) is 31.2 Å². The molecule has 1 aromatic rings. The average molecular weight is 367 g/mol. The first kappa shape index (κ1) is 18.5. The van der Waals surface area contributed by atoms with Gasteiger partial charge in [0.25, 0.3) is 5.91 Å². The lowest BCUT2D eigenvalue weighted by molar-refractivity contribution is -0.892. The summed E-state index contributed by atoms with van der Waals surface area (Å²) in [5, 5.41) is 0.779. The van der Waals surface area contributed by atoms with Gasteiger partial charge in [0.05, 0.1) is 38.4 Å². The number of ether oxygens (including phenoxy) is 1. The molecule has 6 heteroatoms. The van der Waals surface area contributed by atoms with Gasteiger partial charge in [0.1, 0.15) is 0 Å². The number of amides is 1. The summed E-state index contributed by atoms with van der Waals surface area (Å²) in [4.78, 5) is 18.3. The summed E-state index contributed by atoms with van der Waals surface area (Å²) in [6.07, 6.45) is 0.260. The molecule has 2 fully saturated rings. The van der Waals surface area contributed by atoms with E-state index in [0.29, 0.717) is 19.6 Å². The SMILES string of the molecule is Cc1ccc(Cl)cc1N1CC[NH+](CC(=O)N2C[C@@H](C)O[C@H](C)C2)CC1. The number of morpholine rings is 1. The first-order valence-electron chi connectivity index (χ1n) is 9.20. The van der Waals surface area contributed by atoms with Gasteiger partial charge in [-0.2, -0.15) is 0 Å². The maximum absolute atomic E-state index is 12.6. The Morgan fingerprint density at radius 2 is 1.88 bits per heavy atom. The smallest absolute Gasteiger partial charge is 0.277 e. The molecule has 1 aromatic carbocycles. The highest BCUT2D eigenvalue weighted by atomic mass is 35.5. The Kier molecular flexibility index (Phi) is 5.87. The molecule has 0 aliphatic carbocycles. The van der Waals surface area contributed by atoms with Crippen molar-refractivity contribution >= 4 is 23.2 Å². The number of hydrogen-bond donors (Lipinski definition) is 1. The molecule has 2 aliphatic heterocycles. The summed E-state index contributed by atoms with van der Waals surface area (Å²) in [7, 11) is 0. The van der Waals surface area contributed by atoms with E-state index in [2.05, 4.69) is 17.9 Å². The molecule has 3 rings (SSSR count). The standard InChI is InChI=1S/C19H28ClN3O2/c1-14-4-5-17(20)10-18(14)22-8-6-21(7-9-22)13-19(24)23-11-15(2)25-16(3)12-23/h4-5,10,15-16H,6-9,11-13H2,1-3H3/p+1/t15-,16-/m1/s1. The van der Waals surface area contributed by atoms with Crippen molar-refractivity contribution in [1.82, 2.24) is 4.90 Å². The Morgan fingerprint density at radius 3 is 2.52 bits per heavy atom. The van der Waals surface area contributed by atoms with Crippen molar-refractivity contribution in [2.75, 3.05) is 50.7 Å². The first-order valence-corrected chi connectivity index (χ1v) is 9.58. The lowest BCUT2D eigenvalue weighted by atomic mass is 10.1. The van der Waals surface area contributed by atoms with Gasteiger partial charge in [-0.1, -0.05) is 17.7 Å². The van der Waals surface area contributed by atoms with Crippen LogP contribution in [0.1, 0.15) is 19.4 Å². The van der Waals surface area contributed by atoms with Gasteiger partial charge in [0.2, 0.25) is 0 Å². The molecule has 2 aliphatic rings. The molecule has 1 N–H and O–H groups in total. The fourth-order valence-corrected chi connectivity index (χ4v) is 4.04. The largest absolute Gasteiger partial charge is 0.372 e. The van der Waals surface area contributed by atoms with E-state index < -0.39 is 0 Å². The Labute approximate surface area is 155 Å². The highest BCUT2D eigenvalue weighted by molar-refractivity contribution is 6.30. The molecule has 0 radical (unpaired) electrons. The third kappa shape index (κ3) is 4.66. The van der Waals surface area contributed by atoms with E-state index in [9.17, 15) is 4.79 Å². The second-order valence-electron chi connectivity index (χ2n) is 7.40. The Hall–Kier alpha value is -1.30. The molecule has 5 nitrogen and oxygen atoms in total. The van der Waals surface area contributed by atoms with Crippen LogP contribution in [0.4, 0.5) is 5.69 Å². The summed E-state index contributed by atoms with van der Waals surface area (Å²) in [6, 6.07) is 6.05. The van der Waals surface area contributed by atoms with Crippen LogP contribution in [0.3, 0.4) is 0 Å². The maximum Gasteiger partial charge on any atom is 0.277 e. The highest BCUT2D eigenvalue weighted by Gasteiger charge is 2.29. The normalized spacial score (nSPS) is 25.3. The fraction of sp³-hybridized carbons (Fsp3) is 0.632. The lowest BCUT2D eigenvalue weighted by Crippen LogP contribution is -3.16. The van der Waals surface area contributed by atoms with Crippen LogP contribution in [-0.2, 0) is 9.53 Å². The maximum atomic E-state index is 12.6. The van der Waals surface area contributed by atoms with E-state index in [1.165, 1.54) is 16.2 Å². The van der Waals surface area contributed by atoms with Gasteiger partial charge in [-0.25, -0.2) is 0 Å². The van der Waals surface area contributed by atoms with Crippen molar-refractivity contribution in [3.63, 3.8) is 0 Å². The quantitative estimate of drug-likeness (QED) is 0.866. The Morgan fingerprint density at radius 1 is 1.24 bits per heavy atom. The van der Waals surface area contributed by atoms with Gasteiger partial charge in [0.15, 0.2) is 6.54 Å². The molecule has 0 saturated carbocycles. The number of rotatable bonds is 3. The van der Waals surface area contributed by atoms with Crippen molar-refractivity contribution in [2.24, 2.45) is 0 Å². The number of carbonyl (C=O) groups excluding carboxylic acids is 1. The highest BCUT2D eigenvalue weighted by Crippen LogP contribution is 2.24. The zero-order valence-electron chi connectivity index (χ0n) is 15.4. The van der Waals surface area contributed by atoms with Crippen LogP contribution in [0.2, 0.25) is 5.02 Å². The lowest BCUT2D eigenvalue weighted by Gasteiger charge is -2.37. The van der Waals surface area contributed by atoms with E-state index in [-0.39, 0.29) is 18.1 Å². The van der Waals surface area contributed by atoms with E-state index in [1.54, 1.807) is 0 Å². The number of quaternary nitrogens is 1. The number of nitrogens with zero attached hydrogens (tertiary/aromatic N) is 2. The number of hydrogen-bond acceptors (Lipinski definition) is 3. The third-order valence-corrected chi connectivity index (χ3v) is 5.39. The zero-order valence-corrected chi connectivity index (χ0v) is 16.2. The molecule has 0 bridgehead atoms. The average Bonchev–Trinajstić information content (AvgIpc) is 2.57. The molecule has 138 valence electrons. The van der Waals surface area contributed by atoms with Crippen LogP contribution in [0.15, 0.2) is 18.2 Å². The molecule has 2 saturated heterocycles. The van der Waals surface area contributed by atoms with Crippen LogP contribution in [-0.4, -0.2) is 68.8 Å². The predicted molar refractivity (Wildman–Crippen MR) is 101 cm³/mol. The Bertz CT molecular complexity index is 607. The predicted octanol–water partition coefficient (Wildman–Crippen LogP) is 0.989. The van der Waals surface area contributed by atoms with Gasteiger partial charge >= 0.3 is 0 Å². The monoisotopic (exact) mass is 366 g/mol. The number of anilines is 1. The van der Waals surface area contributed by atoms with Gasteiger partial charge in [0, 0.05) is 23.8 Å². The molecular formula is C19H29ClN3O2+. The number of carbonyl (C=O) groups is 1. The number of piperazine rings is 1. The van der Waals surface area contributed by atoms with Crippen LogP contribution < -0.4 is 9.80 Å². The number of halogens is 1. The van der Waals surface area contributed by atoms with Gasteiger partial charge in [-0.05, 0) is 38.5 Å². The molecule has 2 heterocycles. The van der Waals surface area contributed by atoms with Crippen LogP contribution in [0.5, 0.6) is 0 Å². The summed E-state index contributed by atoms with van der Waals surface area (Å²) in [6.45, 7) is 12.1. The van der Waals surface area contributed by atoms with E-state index in [4.69, 9.17) is 16.3 Å². The summed E-state index contributed by atoms with van der Waals surface area (Å²) in [5.41, 5.74) is 2.47. The van der Waals surface area contributed by atoms with Crippen LogP contribution in [0.25, 0.3) is 0 Å². The summed E-state index contributed by atoms with van der Waals surface area (Å²) in [5.74, 6) is 0.254. The minimum absolute atomic E-state index is 0.130. The van der Waals surface area contributed by atoms with Crippen molar-refractivity contribution in [1.29, 1.82) is 0 Å². The summed E-state index contributed by atoms with van der Waals surface area (Å²) >= 11 is 6.15. The summed E-state index contributed by atoms with van der Waals surface area (Å²) < 4.78 is 5.72. The minimum atomic E-state index is 0.130.